The van der Waals surface area contributed by atoms with E-state index < -0.39 is 17.7 Å². The predicted molar refractivity (Wildman–Crippen MR) is 130 cm³/mol. The highest BCUT2D eigenvalue weighted by Gasteiger charge is 2.47. The van der Waals surface area contributed by atoms with Crippen molar-refractivity contribution >= 4 is 23.1 Å². The minimum atomic E-state index is -0.765. The summed E-state index contributed by atoms with van der Waals surface area (Å²) in [7, 11) is 1.53. The number of nitrogens with zero attached hydrogens (tertiary/aromatic N) is 1. The Kier molecular flexibility index (Phi) is 5.81. The van der Waals surface area contributed by atoms with Crippen molar-refractivity contribution in [2.45, 2.75) is 33.7 Å². The van der Waals surface area contributed by atoms with Crippen LogP contribution < -0.4 is 9.64 Å². The molecule has 3 aromatic rings. The van der Waals surface area contributed by atoms with E-state index >= 15 is 0 Å². The van der Waals surface area contributed by atoms with Crippen LogP contribution in [0.4, 0.5) is 5.69 Å². The van der Waals surface area contributed by atoms with Crippen LogP contribution >= 0.6 is 0 Å². The minimum absolute atomic E-state index is 0.0547. The number of Topliss-reactive ketones (excluding diaryl/α,β-unsaturated/α-hetero) is 1. The Morgan fingerprint density at radius 1 is 0.879 bits per heavy atom. The number of anilines is 1. The zero-order chi connectivity index (χ0) is 23.9. The first-order valence-electron chi connectivity index (χ1n) is 10.8. The van der Waals surface area contributed by atoms with Gasteiger partial charge in [-0.15, -0.1) is 0 Å². The highest BCUT2D eigenvalue weighted by atomic mass is 16.5. The molecule has 1 amide bonds. The number of ketones is 1. The van der Waals surface area contributed by atoms with Crippen LogP contribution in [0.1, 0.15) is 39.4 Å². The second-order valence-electron chi connectivity index (χ2n) is 8.53. The molecule has 0 saturated carbocycles. The molecule has 3 aromatic carbocycles. The third-order valence-corrected chi connectivity index (χ3v) is 6.09. The number of aryl methyl sites for hydroxylation is 4. The Hall–Kier alpha value is -3.86. The average Bonchev–Trinajstić information content (AvgIpc) is 3.03. The van der Waals surface area contributed by atoms with Crippen molar-refractivity contribution in [2.75, 3.05) is 12.0 Å². The summed E-state index contributed by atoms with van der Waals surface area (Å²) >= 11 is 0. The monoisotopic (exact) mass is 441 g/mol. The zero-order valence-corrected chi connectivity index (χ0v) is 19.5. The molecule has 1 saturated heterocycles. The normalized spacial score (nSPS) is 17.5. The fourth-order valence-corrected chi connectivity index (χ4v) is 4.61. The van der Waals surface area contributed by atoms with E-state index in [0.29, 0.717) is 17.0 Å². The lowest BCUT2D eigenvalue weighted by Crippen LogP contribution is -2.29. The number of hydrogen-bond acceptors (Lipinski definition) is 4. The van der Waals surface area contributed by atoms with Gasteiger partial charge in [-0.05, 0) is 73.7 Å². The summed E-state index contributed by atoms with van der Waals surface area (Å²) in [6, 6.07) is 18.0. The molecular weight excluding hydrogens is 414 g/mol. The van der Waals surface area contributed by atoms with Crippen LogP contribution in [-0.4, -0.2) is 23.9 Å². The summed E-state index contributed by atoms with van der Waals surface area (Å²) < 4.78 is 5.56. The first-order valence-corrected chi connectivity index (χ1v) is 10.8. The van der Waals surface area contributed by atoms with E-state index in [9.17, 15) is 14.7 Å². The Labute approximate surface area is 193 Å². The van der Waals surface area contributed by atoms with Crippen molar-refractivity contribution in [1.29, 1.82) is 0 Å². The van der Waals surface area contributed by atoms with E-state index in [2.05, 4.69) is 0 Å². The highest BCUT2D eigenvalue weighted by molar-refractivity contribution is 6.51. The number of carbonyl (C=O) groups excluding carboxylic acids is 2. The van der Waals surface area contributed by atoms with Gasteiger partial charge in [0.25, 0.3) is 11.7 Å². The molecule has 5 nitrogen and oxygen atoms in total. The number of carbonyl (C=O) groups is 2. The topological polar surface area (TPSA) is 66.8 Å². The zero-order valence-electron chi connectivity index (χ0n) is 19.5. The second kappa shape index (κ2) is 8.58. The van der Waals surface area contributed by atoms with Crippen LogP contribution in [0.25, 0.3) is 5.76 Å². The number of hydrogen-bond donors (Lipinski definition) is 1. The SMILES string of the molecule is COc1c(C)cc(C)cc1/C(O)=C1\C(=O)C(=O)N(c2cccc(C)c2)C1c1ccccc1C. The first-order chi connectivity index (χ1) is 15.7. The first kappa shape index (κ1) is 22.3. The average molecular weight is 442 g/mol. The number of ether oxygens (including phenoxy) is 1. The summed E-state index contributed by atoms with van der Waals surface area (Å²) in [6.07, 6.45) is 0. The lowest BCUT2D eigenvalue weighted by Gasteiger charge is -2.27. The summed E-state index contributed by atoms with van der Waals surface area (Å²) in [5.41, 5.74) is 5.47. The number of methoxy groups -OCH3 is 1. The van der Waals surface area contributed by atoms with E-state index in [-0.39, 0.29) is 11.3 Å². The van der Waals surface area contributed by atoms with Gasteiger partial charge in [0, 0.05) is 5.69 Å². The maximum absolute atomic E-state index is 13.4. The fraction of sp³-hybridized carbons (Fsp3) is 0.214. The van der Waals surface area contributed by atoms with Crippen molar-refractivity contribution in [3.8, 4) is 5.75 Å². The molecule has 1 aliphatic rings. The smallest absolute Gasteiger partial charge is 0.300 e. The molecule has 1 heterocycles. The molecule has 1 atom stereocenters. The Bertz CT molecular complexity index is 1300. The molecule has 1 fully saturated rings. The van der Waals surface area contributed by atoms with Gasteiger partial charge in [-0.2, -0.15) is 0 Å². The highest BCUT2D eigenvalue weighted by Crippen LogP contribution is 2.44. The molecule has 0 aromatic heterocycles. The second-order valence-corrected chi connectivity index (χ2v) is 8.53. The summed E-state index contributed by atoms with van der Waals surface area (Å²) in [4.78, 5) is 28.2. The van der Waals surface area contributed by atoms with Gasteiger partial charge in [-0.1, -0.05) is 42.5 Å². The summed E-state index contributed by atoms with van der Waals surface area (Å²) in [5, 5.41) is 11.5. The maximum Gasteiger partial charge on any atom is 0.300 e. The molecule has 5 heteroatoms. The molecular formula is C28H27NO4. The number of aliphatic hydroxyl groups excluding tert-OH is 1. The Morgan fingerprint density at radius 2 is 1.61 bits per heavy atom. The van der Waals surface area contributed by atoms with Gasteiger partial charge in [0.15, 0.2) is 0 Å². The van der Waals surface area contributed by atoms with Crippen LogP contribution in [0.15, 0.2) is 66.2 Å². The van der Waals surface area contributed by atoms with Gasteiger partial charge in [-0.3, -0.25) is 14.5 Å². The van der Waals surface area contributed by atoms with Crippen LogP contribution in [0, 0.1) is 27.7 Å². The van der Waals surface area contributed by atoms with Gasteiger partial charge >= 0.3 is 0 Å². The van der Waals surface area contributed by atoms with E-state index in [1.165, 1.54) is 12.0 Å². The minimum Gasteiger partial charge on any atom is -0.507 e. The van der Waals surface area contributed by atoms with Crippen molar-refractivity contribution in [1.82, 2.24) is 0 Å². The van der Waals surface area contributed by atoms with Gasteiger partial charge in [0.2, 0.25) is 0 Å². The van der Waals surface area contributed by atoms with Gasteiger partial charge < -0.3 is 9.84 Å². The maximum atomic E-state index is 13.4. The number of rotatable bonds is 4. The van der Waals surface area contributed by atoms with E-state index in [1.807, 2.05) is 76.2 Å². The molecule has 1 unspecified atom stereocenters. The number of benzene rings is 3. The van der Waals surface area contributed by atoms with Crippen LogP contribution in [0.3, 0.4) is 0 Å². The van der Waals surface area contributed by atoms with E-state index in [4.69, 9.17) is 4.74 Å². The molecule has 0 spiro atoms. The Balaban J connectivity index is 2.04. The van der Waals surface area contributed by atoms with Crippen molar-refractivity contribution in [2.24, 2.45) is 0 Å². The summed E-state index contributed by atoms with van der Waals surface area (Å²) in [6.45, 7) is 7.66. The molecule has 0 radical (unpaired) electrons. The molecule has 0 aliphatic carbocycles. The van der Waals surface area contributed by atoms with E-state index in [1.54, 1.807) is 12.1 Å². The largest absolute Gasteiger partial charge is 0.507 e. The molecule has 33 heavy (non-hydrogen) atoms. The molecule has 1 N–H and O–H groups in total. The van der Waals surface area contributed by atoms with Crippen LogP contribution in [0.5, 0.6) is 5.75 Å². The third-order valence-electron chi connectivity index (χ3n) is 6.09. The van der Waals surface area contributed by atoms with Crippen molar-refractivity contribution in [3.05, 3.63) is 99.6 Å². The van der Waals surface area contributed by atoms with Gasteiger partial charge in [-0.25, -0.2) is 0 Å². The number of aliphatic hydroxyl groups is 1. The summed E-state index contributed by atoms with van der Waals surface area (Å²) in [5.74, 6) is -1.15. The van der Waals surface area contributed by atoms with Gasteiger partial charge in [0.1, 0.15) is 11.5 Å². The quantitative estimate of drug-likeness (QED) is 0.327. The molecule has 4 rings (SSSR count). The van der Waals surface area contributed by atoms with Crippen LogP contribution in [0.2, 0.25) is 0 Å². The van der Waals surface area contributed by atoms with Gasteiger partial charge in [0.05, 0.1) is 24.3 Å². The number of amides is 1. The van der Waals surface area contributed by atoms with Crippen molar-refractivity contribution in [3.63, 3.8) is 0 Å². The predicted octanol–water partition coefficient (Wildman–Crippen LogP) is 5.56. The van der Waals surface area contributed by atoms with E-state index in [0.717, 1.165) is 27.8 Å². The lowest BCUT2D eigenvalue weighted by molar-refractivity contribution is -0.132. The van der Waals surface area contributed by atoms with Crippen LogP contribution in [-0.2, 0) is 9.59 Å². The fourth-order valence-electron chi connectivity index (χ4n) is 4.61. The van der Waals surface area contributed by atoms with Crippen molar-refractivity contribution < 1.29 is 19.4 Å². The molecule has 0 bridgehead atoms. The third kappa shape index (κ3) is 3.80. The Morgan fingerprint density at radius 3 is 2.27 bits per heavy atom. The standard InChI is InChI=1S/C28H27NO4/c1-16-9-8-11-20(14-16)29-24(21-12-7-6-10-18(21)3)23(26(31)28(29)32)25(30)22-15-17(2)13-19(4)27(22)33-5/h6-15,24,30H,1-5H3/b25-23+. The molecule has 1 aliphatic heterocycles. The lowest BCUT2D eigenvalue weighted by atomic mass is 9.91. The molecule has 168 valence electrons.